The summed E-state index contributed by atoms with van der Waals surface area (Å²) in [7, 11) is 0. The van der Waals surface area contributed by atoms with E-state index in [-0.39, 0.29) is 11.6 Å². The number of hydrogen-bond acceptors (Lipinski definition) is 2. The van der Waals surface area contributed by atoms with Crippen LogP contribution >= 0.6 is 0 Å². The standard InChI is InChI=1S/C10H15NO2/c1-5-11(10(2,3)4)9(12)13-8-6-7-8/h1,8H,6-7H2,2-4H3. The third-order valence-corrected chi connectivity index (χ3v) is 1.77. The average Bonchev–Trinajstić information content (AvgIpc) is 2.69. The number of ether oxygens (including phenoxy) is 1. The largest absolute Gasteiger partial charge is 0.445 e. The van der Waals surface area contributed by atoms with E-state index in [0.717, 1.165) is 12.8 Å². The van der Waals surface area contributed by atoms with Crippen LogP contribution in [0.2, 0.25) is 0 Å². The summed E-state index contributed by atoms with van der Waals surface area (Å²) in [5.41, 5.74) is -0.374. The molecule has 1 saturated carbocycles. The average molecular weight is 181 g/mol. The summed E-state index contributed by atoms with van der Waals surface area (Å²) in [6.07, 6.45) is 6.86. The van der Waals surface area contributed by atoms with Crippen LogP contribution in [0.25, 0.3) is 0 Å². The molecule has 1 aliphatic carbocycles. The molecule has 0 heterocycles. The highest BCUT2D eigenvalue weighted by Crippen LogP contribution is 2.25. The zero-order valence-corrected chi connectivity index (χ0v) is 8.33. The Hall–Kier alpha value is -1.17. The van der Waals surface area contributed by atoms with Gasteiger partial charge in [0.15, 0.2) is 0 Å². The Morgan fingerprint density at radius 2 is 2.08 bits per heavy atom. The first-order valence-electron chi connectivity index (χ1n) is 4.42. The predicted octanol–water partition coefficient (Wildman–Crippen LogP) is 1.98. The fourth-order valence-electron chi connectivity index (χ4n) is 0.901. The van der Waals surface area contributed by atoms with Crippen molar-refractivity contribution < 1.29 is 9.53 Å². The summed E-state index contributed by atoms with van der Waals surface area (Å²) in [5.74, 6) is 0. The number of amides is 1. The fraction of sp³-hybridized carbons (Fsp3) is 0.700. The van der Waals surface area contributed by atoms with E-state index in [1.54, 1.807) is 0 Å². The lowest BCUT2D eigenvalue weighted by atomic mass is 10.1. The summed E-state index contributed by atoms with van der Waals surface area (Å²) in [5, 5.41) is 0. The lowest BCUT2D eigenvalue weighted by molar-refractivity contribution is 0.0895. The molecule has 0 spiro atoms. The van der Waals surface area contributed by atoms with Gasteiger partial charge in [0, 0.05) is 6.04 Å². The minimum absolute atomic E-state index is 0.102. The maximum atomic E-state index is 11.4. The molecule has 0 aromatic rings. The summed E-state index contributed by atoms with van der Waals surface area (Å²) in [6.45, 7) is 5.63. The normalized spacial score (nSPS) is 16.2. The highest BCUT2D eigenvalue weighted by atomic mass is 16.6. The quantitative estimate of drug-likeness (QED) is 0.457. The van der Waals surface area contributed by atoms with Crippen LogP contribution < -0.4 is 0 Å². The molecule has 13 heavy (non-hydrogen) atoms. The van der Waals surface area contributed by atoms with Crippen LogP contribution in [0.4, 0.5) is 4.79 Å². The van der Waals surface area contributed by atoms with Crippen molar-refractivity contribution in [3.63, 3.8) is 0 Å². The highest BCUT2D eigenvalue weighted by molar-refractivity contribution is 5.71. The molecule has 0 aromatic heterocycles. The third kappa shape index (κ3) is 2.66. The molecule has 1 fully saturated rings. The topological polar surface area (TPSA) is 29.5 Å². The lowest BCUT2D eigenvalue weighted by Crippen LogP contribution is -2.42. The van der Waals surface area contributed by atoms with Crippen molar-refractivity contribution in [2.75, 3.05) is 0 Å². The monoisotopic (exact) mass is 181 g/mol. The van der Waals surface area contributed by atoms with Crippen LogP contribution in [0.5, 0.6) is 0 Å². The van der Waals surface area contributed by atoms with Gasteiger partial charge in [0.25, 0.3) is 0 Å². The summed E-state index contributed by atoms with van der Waals surface area (Å²) < 4.78 is 5.09. The van der Waals surface area contributed by atoms with Gasteiger partial charge in [0.1, 0.15) is 6.10 Å². The second-order valence-corrected chi connectivity index (χ2v) is 4.22. The smallest absolute Gasteiger partial charge is 0.422 e. The van der Waals surface area contributed by atoms with Gasteiger partial charge in [0.05, 0.1) is 5.54 Å². The number of nitrogens with zero attached hydrogens (tertiary/aromatic N) is 1. The van der Waals surface area contributed by atoms with Gasteiger partial charge in [-0.1, -0.05) is 6.42 Å². The second-order valence-electron chi connectivity index (χ2n) is 4.22. The van der Waals surface area contributed by atoms with Crippen LogP contribution in [0, 0.1) is 12.5 Å². The van der Waals surface area contributed by atoms with E-state index in [9.17, 15) is 4.79 Å². The van der Waals surface area contributed by atoms with E-state index >= 15 is 0 Å². The van der Waals surface area contributed by atoms with Crippen molar-refractivity contribution in [3.05, 3.63) is 0 Å². The van der Waals surface area contributed by atoms with E-state index in [1.165, 1.54) is 4.90 Å². The van der Waals surface area contributed by atoms with Gasteiger partial charge >= 0.3 is 6.09 Å². The molecular formula is C10H15NO2. The molecule has 0 unspecified atom stereocenters. The Balaban J connectivity index is 2.55. The van der Waals surface area contributed by atoms with Crippen LogP contribution in [0.3, 0.4) is 0 Å². The van der Waals surface area contributed by atoms with E-state index < -0.39 is 6.09 Å². The van der Waals surface area contributed by atoms with Crippen molar-refractivity contribution >= 4 is 6.09 Å². The Kier molecular flexibility index (Phi) is 2.51. The molecule has 1 amide bonds. The zero-order chi connectivity index (χ0) is 10.1. The lowest BCUT2D eigenvalue weighted by Gasteiger charge is -2.29. The molecule has 3 nitrogen and oxygen atoms in total. The summed E-state index contributed by atoms with van der Waals surface area (Å²) >= 11 is 0. The molecule has 0 atom stereocenters. The molecule has 0 bridgehead atoms. The van der Waals surface area contributed by atoms with Crippen molar-refractivity contribution in [2.45, 2.75) is 45.3 Å². The summed E-state index contributed by atoms with van der Waals surface area (Å²) in [6, 6.07) is 2.33. The zero-order valence-electron chi connectivity index (χ0n) is 8.33. The van der Waals surface area contributed by atoms with Gasteiger partial charge in [-0.3, -0.25) is 0 Å². The first kappa shape index (κ1) is 9.91. The Bertz CT molecular complexity index is 243. The molecular weight excluding hydrogens is 166 g/mol. The molecule has 0 saturated heterocycles. The van der Waals surface area contributed by atoms with Gasteiger partial charge in [-0.05, 0) is 33.6 Å². The molecule has 0 aromatic carbocycles. The Morgan fingerprint density at radius 3 is 2.38 bits per heavy atom. The number of carbonyl (C=O) groups is 1. The Labute approximate surface area is 79.1 Å². The minimum Gasteiger partial charge on any atom is -0.445 e. The van der Waals surface area contributed by atoms with E-state index in [4.69, 9.17) is 11.2 Å². The van der Waals surface area contributed by atoms with Crippen molar-refractivity contribution in [1.82, 2.24) is 4.90 Å². The highest BCUT2D eigenvalue weighted by Gasteiger charge is 2.32. The fourth-order valence-corrected chi connectivity index (χ4v) is 0.901. The molecule has 72 valence electrons. The number of hydrogen-bond donors (Lipinski definition) is 0. The first-order valence-corrected chi connectivity index (χ1v) is 4.42. The van der Waals surface area contributed by atoms with Crippen LogP contribution in [0.15, 0.2) is 0 Å². The van der Waals surface area contributed by atoms with Crippen molar-refractivity contribution in [3.8, 4) is 12.5 Å². The van der Waals surface area contributed by atoms with Gasteiger partial charge in [-0.2, -0.15) is 0 Å². The van der Waals surface area contributed by atoms with E-state index in [2.05, 4.69) is 6.04 Å². The third-order valence-electron chi connectivity index (χ3n) is 1.77. The summed E-state index contributed by atoms with van der Waals surface area (Å²) in [4.78, 5) is 12.7. The van der Waals surface area contributed by atoms with Crippen molar-refractivity contribution in [1.29, 1.82) is 0 Å². The second kappa shape index (κ2) is 3.29. The minimum atomic E-state index is -0.405. The molecule has 0 aliphatic heterocycles. The van der Waals surface area contributed by atoms with Gasteiger partial charge in [-0.15, -0.1) is 0 Å². The molecule has 1 aliphatic rings. The van der Waals surface area contributed by atoms with Crippen LogP contribution in [0.1, 0.15) is 33.6 Å². The van der Waals surface area contributed by atoms with Gasteiger partial charge in [0.2, 0.25) is 0 Å². The molecule has 3 heteroatoms. The predicted molar refractivity (Wildman–Crippen MR) is 49.9 cm³/mol. The van der Waals surface area contributed by atoms with Crippen molar-refractivity contribution in [2.24, 2.45) is 0 Å². The SMILES string of the molecule is C#CN(C(=O)OC1CC1)C(C)(C)C. The van der Waals surface area contributed by atoms with Gasteiger partial charge < -0.3 is 4.74 Å². The number of carbonyl (C=O) groups excluding carboxylic acids is 1. The molecule has 0 radical (unpaired) electrons. The number of terminal acetylenes is 1. The maximum Gasteiger partial charge on any atom is 0.422 e. The molecule has 0 N–H and O–H groups in total. The first-order chi connectivity index (χ1) is 5.95. The Morgan fingerprint density at radius 1 is 1.54 bits per heavy atom. The van der Waals surface area contributed by atoms with Gasteiger partial charge in [-0.25, -0.2) is 9.69 Å². The molecule has 1 rings (SSSR count). The number of rotatable bonds is 1. The van der Waals surface area contributed by atoms with E-state index in [0.29, 0.717) is 0 Å². The van der Waals surface area contributed by atoms with E-state index in [1.807, 2.05) is 20.8 Å². The maximum absolute atomic E-state index is 11.4. The van der Waals surface area contributed by atoms with Crippen LogP contribution in [-0.4, -0.2) is 22.6 Å². The van der Waals surface area contributed by atoms with Crippen LogP contribution in [-0.2, 0) is 4.74 Å².